The Morgan fingerprint density at radius 3 is 2.63 bits per heavy atom. The summed E-state index contributed by atoms with van der Waals surface area (Å²) < 4.78 is 10.6. The zero-order valence-electron chi connectivity index (χ0n) is 12.2. The van der Waals surface area contributed by atoms with Crippen molar-refractivity contribution in [2.24, 2.45) is 5.92 Å². The molecule has 0 aliphatic carbocycles. The average molecular weight is 271 g/mol. The van der Waals surface area contributed by atoms with Crippen molar-refractivity contribution in [3.63, 3.8) is 0 Å². The molecule has 19 heavy (non-hydrogen) atoms. The van der Waals surface area contributed by atoms with Crippen LogP contribution < -0.4 is 5.11 Å². The van der Waals surface area contributed by atoms with Crippen molar-refractivity contribution >= 4 is 5.97 Å². The number of hydrogen-bond acceptors (Lipinski definition) is 4. The molecule has 0 N–H and O–H groups in total. The van der Waals surface area contributed by atoms with Crippen LogP contribution in [0.25, 0.3) is 0 Å². The standard InChI is InChI=1S/C12H24O2.C3H4O2/c1-3-4-5-6-7-11(2)8-13-9-12-10-14-12;1-2-3(4)5/h11-12H,3-10H2,1-2H3;2H,1H2,(H,4,5)/p-1. The van der Waals surface area contributed by atoms with Crippen LogP contribution in [0.1, 0.15) is 46.0 Å². The lowest BCUT2D eigenvalue weighted by molar-refractivity contribution is -0.297. The second-order valence-electron chi connectivity index (χ2n) is 4.97. The number of hydrogen-bond donors (Lipinski definition) is 0. The van der Waals surface area contributed by atoms with Crippen molar-refractivity contribution in [1.82, 2.24) is 0 Å². The molecule has 0 aromatic carbocycles. The normalized spacial score (nSPS) is 18.1. The lowest BCUT2D eigenvalue weighted by atomic mass is 10.0. The number of carboxylic acid groups (broad SMARTS) is 1. The lowest BCUT2D eigenvalue weighted by Crippen LogP contribution is -2.17. The van der Waals surface area contributed by atoms with Gasteiger partial charge in [0.1, 0.15) is 6.10 Å². The quantitative estimate of drug-likeness (QED) is 0.346. The van der Waals surface area contributed by atoms with Crippen LogP contribution in [-0.4, -0.2) is 31.9 Å². The number of epoxide rings is 1. The number of carbonyl (C=O) groups is 1. The summed E-state index contributed by atoms with van der Waals surface area (Å²) in [5.74, 6) is -0.518. The maximum absolute atomic E-state index is 9.14. The molecule has 0 radical (unpaired) electrons. The van der Waals surface area contributed by atoms with Crippen LogP contribution in [0.5, 0.6) is 0 Å². The molecule has 1 heterocycles. The van der Waals surface area contributed by atoms with Gasteiger partial charge in [-0.05, 0) is 18.4 Å². The SMILES string of the molecule is C=CC(=O)[O-].CCCCCCC(C)COCC1CO1. The van der Waals surface area contributed by atoms with E-state index in [1.54, 1.807) is 0 Å². The largest absolute Gasteiger partial charge is 0.545 e. The van der Waals surface area contributed by atoms with Gasteiger partial charge in [0.15, 0.2) is 0 Å². The summed E-state index contributed by atoms with van der Waals surface area (Å²) in [7, 11) is 0. The summed E-state index contributed by atoms with van der Waals surface area (Å²) in [6, 6.07) is 0. The van der Waals surface area contributed by atoms with Crippen LogP contribution in [0, 0.1) is 5.92 Å². The maximum Gasteiger partial charge on any atom is 0.104 e. The number of rotatable bonds is 10. The highest BCUT2D eigenvalue weighted by atomic mass is 16.6. The zero-order chi connectivity index (χ0) is 14.5. The first-order valence-electron chi connectivity index (χ1n) is 7.12. The second-order valence-corrected chi connectivity index (χ2v) is 4.97. The summed E-state index contributed by atoms with van der Waals surface area (Å²) in [5.41, 5.74) is 0. The van der Waals surface area contributed by atoms with Gasteiger partial charge < -0.3 is 19.4 Å². The fraction of sp³-hybridized carbons (Fsp3) is 0.800. The second kappa shape index (κ2) is 12.2. The van der Waals surface area contributed by atoms with Gasteiger partial charge in [-0.25, -0.2) is 0 Å². The average Bonchev–Trinajstić information content (AvgIpc) is 3.19. The van der Waals surface area contributed by atoms with Crippen LogP contribution >= 0.6 is 0 Å². The van der Waals surface area contributed by atoms with E-state index in [4.69, 9.17) is 19.4 Å². The van der Waals surface area contributed by atoms with Gasteiger partial charge in [0.25, 0.3) is 0 Å². The summed E-state index contributed by atoms with van der Waals surface area (Å²) in [5, 5.41) is 9.14. The van der Waals surface area contributed by atoms with Gasteiger partial charge in [-0.3, -0.25) is 0 Å². The van der Waals surface area contributed by atoms with E-state index in [0.29, 0.717) is 12.0 Å². The van der Waals surface area contributed by atoms with Gasteiger partial charge >= 0.3 is 0 Å². The molecule has 0 bridgehead atoms. The van der Waals surface area contributed by atoms with E-state index in [1.807, 2.05) is 0 Å². The fourth-order valence-electron chi connectivity index (χ4n) is 1.57. The van der Waals surface area contributed by atoms with E-state index in [0.717, 1.165) is 25.9 Å². The van der Waals surface area contributed by atoms with Crippen molar-refractivity contribution in [3.8, 4) is 0 Å². The first-order chi connectivity index (χ1) is 9.10. The minimum atomic E-state index is -1.23. The molecule has 0 spiro atoms. The van der Waals surface area contributed by atoms with Crippen molar-refractivity contribution < 1.29 is 19.4 Å². The molecule has 1 rings (SSSR count). The Morgan fingerprint density at radius 2 is 2.16 bits per heavy atom. The Balaban J connectivity index is 0.000000555. The Bertz CT molecular complexity index is 236. The molecule has 1 fully saturated rings. The Hall–Kier alpha value is -0.870. The highest BCUT2D eigenvalue weighted by Gasteiger charge is 2.22. The van der Waals surface area contributed by atoms with Crippen molar-refractivity contribution in [1.29, 1.82) is 0 Å². The van der Waals surface area contributed by atoms with Crippen molar-refractivity contribution in [3.05, 3.63) is 12.7 Å². The molecule has 0 amide bonds. The minimum absolute atomic E-state index is 0.419. The maximum atomic E-state index is 9.14. The summed E-state index contributed by atoms with van der Waals surface area (Å²) >= 11 is 0. The predicted octanol–water partition coefficient (Wildman–Crippen LogP) is 1.93. The third-order valence-electron chi connectivity index (χ3n) is 2.83. The molecular weight excluding hydrogens is 244 g/mol. The molecule has 0 saturated carbocycles. The highest BCUT2D eigenvalue weighted by molar-refractivity contribution is 5.76. The smallest absolute Gasteiger partial charge is 0.104 e. The minimum Gasteiger partial charge on any atom is -0.545 e. The predicted molar refractivity (Wildman–Crippen MR) is 73.7 cm³/mol. The lowest BCUT2D eigenvalue weighted by Gasteiger charge is -2.10. The monoisotopic (exact) mass is 271 g/mol. The highest BCUT2D eigenvalue weighted by Crippen LogP contribution is 2.13. The number of ether oxygens (including phenoxy) is 2. The van der Waals surface area contributed by atoms with Gasteiger partial charge in [-0.1, -0.05) is 46.1 Å². The summed E-state index contributed by atoms with van der Waals surface area (Å²) in [6.07, 6.45) is 7.89. The fourth-order valence-corrected chi connectivity index (χ4v) is 1.57. The topological polar surface area (TPSA) is 61.9 Å². The molecule has 2 atom stereocenters. The number of unbranched alkanes of at least 4 members (excludes halogenated alkanes) is 3. The molecule has 1 saturated heterocycles. The van der Waals surface area contributed by atoms with Crippen LogP contribution in [0.2, 0.25) is 0 Å². The van der Waals surface area contributed by atoms with E-state index < -0.39 is 5.97 Å². The third kappa shape index (κ3) is 15.1. The molecule has 0 aromatic heterocycles. The van der Waals surface area contributed by atoms with Gasteiger partial charge in [-0.15, -0.1) is 0 Å². The Morgan fingerprint density at radius 1 is 1.53 bits per heavy atom. The molecule has 4 nitrogen and oxygen atoms in total. The van der Waals surface area contributed by atoms with Gasteiger partial charge in [0.05, 0.1) is 19.2 Å². The molecule has 4 heteroatoms. The first kappa shape index (κ1) is 18.1. The molecule has 1 aliphatic rings. The molecule has 112 valence electrons. The van der Waals surface area contributed by atoms with Gasteiger partial charge in [0, 0.05) is 6.61 Å². The Labute approximate surface area is 116 Å². The molecule has 1 aliphatic heterocycles. The van der Waals surface area contributed by atoms with E-state index in [1.165, 1.54) is 32.1 Å². The van der Waals surface area contributed by atoms with Crippen LogP contribution in [0.4, 0.5) is 0 Å². The number of aliphatic carboxylic acids is 1. The summed E-state index contributed by atoms with van der Waals surface area (Å²) in [4.78, 5) is 9.14. The molecular formula is C15H27O4-. The number of carboxylic acids is 1. The molecule has 0 aromatic rings. The van der Waals surface area contributed by atoms with E-state index in [2.05, 4.69) is 20.4 Å². The third-order valence-corrected chi connectivity index (χ3v) is 2.83. The Kier molecular flexibility index (Phi) is 11.6. The molecule has 2 unspecified atom stereocenters. The van der Waals surface area contributed by atoms with Crippen molar-refractivity contribution in [2.45, 2.75) is 52.1 Å². The zero-order valence-corrected chi connectivity index (χ0v) is 12.2. The summed E-state index contributed by atoms with van der Waals surface area (Å²) in [6.45, 7) is 10.0. The first-order valence-corrected chi connectivity index (χ1v) is 7.12. The van der Waals surface area contributed by atoms with Crippen LogP contribution in [0.3, 0.4) is 0 Å². The van der Waals surface area contributed by atoms with Crippen LogP contribution in [0.15, 0.2) is 12.7 Å². The van der Waals surface area contributed by atoms with Crippen LogP contribution in [-0.2, 0) is 14.3 Å². The van der Waals surface area contributed by atoms with E-state index >= 15 is 0 Å². The number of carbonyl (C=O) groups excluding carboxylic acids is 1. The van der Waals surface area contributed by atoms with Gasteiger partial charge in [0.2, 0.25) is 0 Å². The van der Waals surface area contributed by atoms with E-state index in [9.17, 15) is 0 Å². The van der Waals surface area contributed by atoms with Crippen molar-refractivity contribution in [2.75, 3.05) is 19.8 Å². The van der Waals surface area contributed by atoms with Gasteiger partial charge in [-0.2, -0.15) is 0 Å². The van der Waals surface area contributed by atoms with E-state index in [-0.39, 0.29) is 0 Å².